The van der Waals surface area contributed by atoms with E-state index in [1.165, 1.54) is 20.2 Å². The van der Waals surface area contributed by atoms with E-state index in [0.717, 1.165) is 9.87 Å². The third kappa shape index (κ3) is 3.71. The van der Waals surface area contributed by atoms with Crippen molar-refractivity contribution in [2.24, 2.45) is 0 Å². The van der Waals surface area contributed by atoms with Crippen LogP contribution in [-0.4, -0.2) is 44.5 Å². The summed E-state index contributed by atoms with van der Waals surface area (Å²) < 4.78 is 31.6. The first-order valence-corrected chi connectivity index (χ1v) is 7.95. The number of sulfonamides is 1. The van der Waals surface area contributed by atoms with Crippen molar-refractivity contribution in [2.45, 2.75) is 18.2 Å². The fourth-order valence-corrected chi connectivity index (χ4v) is 3.36. The predicted octanol–water partition coefficient (Wildman–Crippen LogP) is 1.86. The molecule has 20 heavy (non-hydrogen) atoms. The lowest BCUT2D eigenvalue weighted by Gasteiger charge is -2.19. The van der Waals surface area contributed by atoms with Crippen LogP contribution in [0.5, 0.6) is 5.75 Å². The largest absolute Gasteiger partial charge is 0.495 e. The molecule has 1 aromatic carbocycles. The SMILES string of the molecule is COc1cc(C)c(Br)cc1S(=O)(=O)N(C)CCC(=O)O. The van der Waals surface area contributed by atoms with Crippen LogP contribution in [0.15, 0.2) is 21.5 Å². The van der Waals surface area contributed by atoms with Crippen LogP contribution in [0.3, 0.4) is 0 Å². The van der Waals surface area contributed by atoms with Crippen molar-refractivity contribution in [3.63, 3.8) is 0 Å². The van der Waals surface area contributed by atoms with Gasteiger partial charge in [0.15, 0.2) is 0 Å². The summed E-state index contributed by atoms with van der Waals surface area (Å²) in [5.74, 6) is -0.822. The highest BCUT2D eigenvalue weighted by atomic mass is 79.9. The number of carboxylic acid groups (broad SMARTS) is 1. The van der Waals surface area contributed by atoms with Gasteiger partial charge in [0.2, 0.25) is 10.0 Å². The third-order valence-electron chi connectivity index (χ3n) is 2.77. The Bertz CT molecular complexity index is 615. The first kappa shape index (κ1) is 16.9. The molecule has 0 bridgehead atoms. The molecule has 1 N–H and O–H groups in total. The molecule has 1 rings (SSSR count). The summed E-state index contributed by atoms with van der Waals surface area (Å²) >= 11 is 3.28. The van der Waals surface area contributed by atoms with Crippen molar-refractivity contribution in [3.05, 3.63) is 22.2 Å². The van der Waals surface area contributed by atoms with Crippen LogP contribution in [0.1, 0.15) is 12.0 Å². The number of ether oxygens (including phenoxy) is 1. The van der Waals surface area contributed by atoms with Gasteiger partial charge < -0.3 is 9.84 Å². The van der Waals surface area contributed by atoms with Gasteiger partial charge in [0.25, 0.3) is 0 Å². The van der Waals surface area contributed by atoms with Crippen molar-refractivity contribution in [2.75, 3.05) is 20.7 Å². The van der Waals surface area contributed by atoms with E-state index in [-0.39, 0.29) is 23.6 Å². The maximum Gasteiger partial charge on any atom is 0.304 e. The molecule has 0 aromatic heterocycles. The van der Waals surface area contributed by atoms with E-state index in [1.807, 2.05) is 6.92 Å². The molecule has 0 aliphatic rings. The molecule has 0 saturated heterocycles. The zero-order chi connectivity index (χ0) is 15.5. The molecular formula is C12H16BrNO5S. The van der Waals surface area contributed by atoms with Gasteiger partial charge in [-0.2, -0.15) is 0 Å². The van der Waals surface area contributed by atoms with Gasteiger partial charge >= 0.3 is 5.97 Å². The zero-order valence-electron chi connectivity index (χ0n) is 11.4. The number of hydrogen-bond acceptors (Lipinski definition) is 4. The monoisotopic (exact) mass is 365 g/mol. The van der Waals surface area contributed by atoms with Crippen LogP contribution in [0.4, 0.5) is 0 Å². The summed E-state index contributed by atoms with van der Waals surface area (Å²) in [6, 6.07) is 3.07. The fraction of sp³-hybridized carbons (Fsp3) is 0.417. The maximum atomic E-state index is 12.4. The predicted molar refractivity (Wildman–Crippen MR) is 77.5 cm³/mol. The fourth-order valence-electron chi connectivity index (χ4n) is 1.54. The van der Waals surface area contributed by atoms with Crippen molar-refractivity contribution < 1.29 is 23.1 Å². The Kier molecular flexibility index (Phi) is 5.55. The smallest absolute Gasteiger partial charge is 0.304 e. The van der Waals surface area contributed by atoms with Crippen LogP contribution >= 0.6 is 15.9 Å². The van der Waals surface area contributed by atoms with Gasteiger partial charge in [-0.25, -0.2) is 12.7 Å². The topological polar surface area (TPSA) is 83.9 Å². The lowest BCUT2D eigenvalue weighted by atomic mass is 10.2. The van der Waals surface area contributed by atoms with E-state index in [1.54, 1.807) is 6.07 Å². The van der Waals surface area contributed by atoms with Crippen LogP contribution in [0.2, 0.25) is 0 Å². The lowest BCUT2D eigenvalue weighted by Crippen LogP contribution is -2.29. The minimum Gasteiger partial charge on any atom is -0.495 e. The lowest BCUT2D eigenvalue weighted by molar-refractivity contribution is -0.137. The second-order valence-electron chi connectivity index (χ2n) is 4.22. The summed E-state index contributed by atoms with van der Waals surface area (Å²) in [6.45, 7) is 1.71. The van der Waals surface area contributed by atoms with Gasteiger partial charge in [-0.05, 0) is 24.6 Å². The Morgan fingerprint density at radius 1 is 1.45 bits per heavy atom. The minimum absolute atomic E-state index is 0.00497. The molecule has 0 amide bonds. The quantitative estimate of drug-likeness (QED) is 0.831. The summed E-state index contributed by atoms with van der Waals surface area (Å²) in [6.07, 6.45) is -0.259. The number of methoxy groups -OCH3 is 1. The van der Waals surface area contributed by atoms with Crippen LogP contribution < -0.4 is 4.74 Å². The average molecular weight is 366 g/mol. The highest BCUT2D eigenvalue weighted by Gasteiger charge is 2.26. The molecule has 1 aromatic rings. The normalized spacial score (nSPS) is 11.7. The molecule has 0 saturated carbocycles. The number of benzene rings is 1. The van der Waals surface area contributed by atoms with Crippen molar-refractivity contribution >= 4 is 31.9 Å². The number of carbonyl (C=O) groups is 1. The van der Waals surface area contributed by atoms with E-state index in [9.17, 15) is 13.2 Å². The molecule has 0 fully saturated rings. The molecular weight excluding hydrogens is 350 g/mol. The Hall–Kier alpha value is -1.12. The number of carboxylic acids is 1. The van der Waals surface area contributed by atoms with Crippen molar-refractivity contribution in [1.82, 2.24) is 4.31 Å². The summed E-state index contributed by atoms with van der Waals surface area (Å²) in [7, 11) is -1.08. The van der Waals surface area contributed by atoms with E-state index >= 15 is 0 Å². The van der Waals surface area contributed by atoms with Gasteiger partial charge in [0.1, 0.15) is 10.6 Å². The number of aryl methyl sites for hydroxylation is 1. The first-order valence-electron chi connectivity index (χ1n) is 5.72. The Labute approximate surface area is 126 Å². The third-order valence-corrected chi connectivity index (χ3v) is 5.51. The van der Waals surface area contributed by atoms with E-state index in [4.69, 9.17) is 9.84 Å². The van der Waals surface area contributed by atoms with Gasteiger partial charge in [-0.15, -0.1) is 0 Å². The Morgan fingerprint density at radius 3 is 2.55 bits per heavy atom. The molecule has 0 radical (unpaired) electrons. The Morgan fingerprint density at radius 2 is 2.05 bits per heavy atom. The number of halogens is 1. The van der Waals surface area contributed by atoms with Crippen LogP contribution in [-0.2, 0) is 14.8 Å². The molecule has 8 heteroatoms. The second kappa shape index (κ2) is 6.55. The summed E-state index contributed by atoms with van der Waals surface area (Å²) in [4.78, 5) is 10.5. The average Bonchev–Trinajstić information content (AvgIpc) is 2.38. The second-order valence-corrected chi connectivity index (χ2v) is 7.09. The summed E-state index contributed by atoms with van der Waals surface area (Å²) in [5, 5.41) is 8.63. The van der Waals surface area contributed by atoms with E-state index < -0.39 is 16.0 Å². The molecule has 112 valence electrons. The van der Waals surface area contributed by atoms with Gasteiger partial charge in [-0.1, -0.05) is 15.9 Å². The number of nitrogens with zero attached hydrogens (tertiary/aromatic N) is 1. The molecule has 0 heterocycles. The molecule has 0 aliphatic carbocycles. The number of hydrogen-bond donors (Lipinski definition) is 1. The molecule has 0 atom stereocenters. The van der Waals surface area contributed by atoms with Crippen molar-refractivity contribution in [3.8, 4) is 5.75 Å². The molecule has 0 unspecified atom stereocenters. The molecule has 0 aliphatic heterocycles. The molecule has 6 nitrogen and oxygen atoms in total. The van der Waals surface area contributed by atoms with E-state index in [0.29, 0.717) is 4.47 Å². The Balaban J connectivity index is 3.21. The maximum absolute atomic E-state index is 12.4. The highest BCUT2D eigenvalue weighted by molar-refractivity contribution is 9.10. The number of rotatable bonds is 6. The van der Waals surface area contributed by atoms with Gasteiger partial charge in [-0.3, -0.25) is 4.79 Å². The summed E-state index contributed by atoms with van der Waals surface area (Å²) in [5.41, 5.74) is 0.842. The minimum atomic E-state index is -3.80. The van der Waals surface area contributed by atoms with Gasteiger partial charge in [0.05, 0.1) is 13.5 Å². The number of aliphatic carboxylic acids is 1. The van der Waals surface area contributed by atoms with Crippen molar-refractivity contribution in [1.29, 1.82) is 0 Å². The van der Waals surface area contributed by atoms with Crippen LogP contribution in [0, 0.1) is 6.92 Å². The first-order chi connectivity index (χ1) is 9.20. The molecule has 0 spiro atoms. The van der Waals surface area contributed by atoms with E-state index in [2.05, 4.69) is 15.9 Å². The van der Waals surface area contributed by atoms with Gasteiger partial charge in [0, 0.05) is 18.1 Å². The highest BCUT2D eigenvalue weighted by Crippen LogP contribution is 2.31. The van der Waals surface area contributed by atoms with Crippen LogP contribution in [0.25, 0.3) is 0 Å². The zero-order valence-corrected chi connectivity index (χ0v) is 13.8. The standard InChI is InChI=1S/C12H16BrNO5S/c1-8-6-10(19-3)11(7-9(8)13)20(17,18)14(2)5-4-12(15)16/h6-7H,4-5H2,1-3H3,(H,15,16).